The van der Waals surface area contributed by atoms with Crippen LogP contribution in [0.1, 0.15) is 56.4 Å². The molecular weight excluding hydrogens is 555 g/mol. The molecule has 0 aliphatic carbocycles. The molecule has 0 bridgehead atoms. The highest BCUT2D eigenvalue weighted by molar-refractivity contribution is 5.99. The third kappa shape index (κ3) is 8.62. The van der Waals surface area contributed by atoms with E-state index >= 15 is 0 Å². The van der Waals surface area contributed by atoms with E-state index in [1.807, 2.05) is 34.6 Å². The van der Waals surface area contributed by atoms with Crippen molar-refractivity contribution >= 4 is 29.9 Å². The second kappa shape index (κ2) is 14.6. The summed E-state index contributed by atoms with van der Waals surface area (Å²) in [6.45, 7) is 10.4. The second-order valence-corrected chi connectivity index (χ2v) is 9.93. The Morgan fingerprint density at radius 1 is 1.00 bits per heavy atom. The van der Waals surface area contributed by atoms with E-state index < -0.39 is 11.8 Å². The molecule has 0 unspecified atom stereocenters. The zero-order valence-corrected chi connectivity index (χ0v) is 24.9. The number of nitrogens with one attached hydrogen (secondary N) is 3. The van der Waals surface area contributed by atoms with E-state index in [2.05, 4.69) is 26.0 Å². The summed E-state index contributed by atoms with van der Waals surface area (Å²) in [6.07, 6.45) is 1.40. The average molecular weight is 591 g/mol. The van der Waals surface area contributed by atoms with Crippen LogP contribution < -0.4 is 20.7 Å². The molecule has 0 saturated heterocycles. The molecule has 43 heavy (non-hydrogen) atoms. The molecule has 12 heteroatoms. The van der Waals surface area contributed by atoms with Gasteiger partial charge in [-0.05, 0) is 35.9 Å². The van der Waals surface area contributed by atoms with E-state index in [1.165, 1.54) is 37.5 Å². The molecule has 11 nitrogen and oxygen atoms in total. The smallest absolute Gasteiger partial charge is 0.324 e. The number of rotatable bonds is 9. The largest absolute Gasteiger partial charge is 0.463 e. The third-order valence-corrected chi connectivity index (χ3v) is 5.81. The Morgan fingerprint density at radius 3 is 2.42 bits per heavy atom. The van der Waals surface area contributed by atoms with Gasteiger partial charge in [0.05, 0.1) is 17.1 Å². The number of carbonyl (C=O) groups excluding carboxylic acids is 3. The molecule has 0 fully saturated rings. The average Bonchev–Trinajstić information content (AvgIpc) is 3.43. The van der Waals surface area contributed by atoms with Crippen molar-refractivity contribution in [3.63, 3.8) is 0 Å². The first-order valence-corrected chi connectivity index (χ1v) is 13.6. The topological polar surface area (TPSA) is 136 Å². The number of aromatic nitrogens is 3. The van der Waals surface area contributed by atoms with Gasteiger partial charge in [-0.3, -0.25) is 19.9 Å². The first kappa shape index (κ1) is 32.3. The molecule has 4 aromatic rings. The maximum atomic E-state index is 14.9. The van der Waals surface area contributed by atoms with Crippen LogP contribution in [0.25, 0.3) is 5.69 Å². The Morgan fingerprint density at radius 2 is 1.74 bits per heavy atom. The molecule has 2 aromatic carbocycles. The van der Waals surface area contributed by atoms with Crippen molar-refractivity contribution in [1.82, 2.24) is 20.1 Å². The van der Waals surface area contributed by atoms with Gasteiger partial charge in [-0.2, -0.15) is 5.10 Å². The highest BCUT2D eigenvalue weighted by Crippen LogP contribution is 2.28. The summed E-state index contributed by atoms with van der Waals surface area (Å²) in [5, 5.41) is 12.4. The quantitative estimate of drug-likeness (QED) is 0.198. The molecule has 0 radical (unpaired) electrons. The number of urea groups is 1. The molecule has 4 rings (SSSR count). The number of carbonyl (C=O) groups is 3. The fourth-order valence-corrected chi connectivity index (χ4v) is 3.74. The number of hydrogen-bond donors (Lipinski definition) is 3. The minimum absolute atomic E-state index is 0.0780. The van der Waals surface area contributed by atoms with Crippen LogP contribution in [0.4, 0.5) is 20.7 Å². The van der Waals surface area contributed by atoms with Crippen LogP contribution in [0.2, 0.25) is 0 Å². The van der Waals surface area contributed by atoms with E-state index in [0.717, 1.165) is 11.6 Å². The van der Waals surface area contributed by atoms with Gasteiger partial charge < -0.3 is 20.1 Å². The van der Waals surface area contributed by atoms with Crippen LogP contribution in [0, 0.1) is 5.82 Å². The van der Waals surface area contributed by atoms with E-state index in [-0.39, 0.29) is 35.1 Å². The van der Waals surface area contributed by atoms with Crippen molar-refractivity contribution < 1.29 is 28.2 Å². The summed E-state index contributed by atoms with van der Waals surface area (Å²) in [6, 6.07) is 15.1. The minimum Gasteiger partial charge on any atom is -0.463 e. The van der Waals surface area contributed by atoms with Gasteiger partial charge in [0, 0.05) is 36.9 Å². The van der Waals surface area contributed by atoms with Crippen molar-refractivity contribution in [3.05, 3.63) is 89.6 Å². The Bertz CT molecular complexity index is 1580. The van der Waals surface area contributed by atoms with Gasteiger partial charge in [-0.1, -0.05) is 46.8 Å². The fraction of sp³-hybridized carbons (Fsp3) is 0.258. The zero-order chi connectivity index (χ0) is 31.6. The Kier molecular flexibility index (Phi) is 10.9. The standard InChI is InChI=1S/C29H29FN6O5.C2H6/c1-29(2,3)25-15-26(36(35-25)19-7-5-6-18(12-19)16-40-17-37)34-28(39)33-23-9-8-20(13-22(23)30)41-21-10-11-32-24(14-21)27(38)31-4;1-2/h5-15,17H,16H2,1-4H3,(H,31,38)(H2,33,34,39);1-2H3. The van der Waals surface area contributed by atoms with Crippen LogP contribution in [0.3, 0.4) is 0 Å². The van der Waals surface area contributed by atoms with Crippen LogP contribution >= 0.6 is 0 Å². The van der Waals surface area contributed by atoms with Gasteiger partial charge in [0.25, 0.3) is 12.4 Å². The summed E-state index contributed by atoms with van der Waals surface area (Å²) in [5.74, 6) is -0.311. The normalized spacial score (nSPS) is 10.6. The van der Waals surface area contributed by atoms with Gasteiger partial charge in [-0.15, -0.1) is 0 Å². The van der Waals surface area contributed by atoms with Crippen LogP contribution in [-0.2, 0) is 21.6 Å². The predicted molar refractivity (Wildman–Crippen MR) is 161 cm³/mol. The Balaban J connectivity index is 0.00000248. The number of halogens is 1. The van der Waals surface area contributed by atoms with Gasteiger partial charge in [0.2, 0.25) is 0 Å². The lowest BCUT2D eigenvalue weighted by Crippen LogP contribution is -2.22. The summed E-state index contributed by atoms with van der Waals surface area (Å²) in [4.78, 5) is 39.3. The number of ether oxygens (including phenoxy) is 2. The predicted octanol–water partition coefficient (Wildman–Crippen LogP) is 6.20. The van der Waals surface area contributed by atoms with Crippen molar-refractivity contribution in [3.8, 4) is 17.2 Å². The first-order valence-electron chi connectivity index (χ1n) is 13.6. The summed E-state index contributed by atoms with van der Waals surface area (Å²) >= 11 is 0. The van der Waals surface area contributed by atoms with Crippen LogP contribution in [-0.4, -0.2) is 40.2 Å². The van der Waals surface area contributed by atoms with Crippen LogP contribution in [0.5, 0.6) is 11.5 Å². The number of hydrogen-bond acceptors (Lipinski definition) is 7. The minimum atomic E-state index is -0.731. The molecule has 0 aliphatic rings. The summed E-state index contributed by atoms with van der Waals surface area (Å²) in [7, 11) is 1.48. The molecule has 3 N–H and O–H groups in total. The molecule has 0 spiro atoms. The molecule has 226 valence electrons. The maximum Gasteiger partial charge on any atom is 0.324 e. The van der Waals surface area contributed by atoms with Gasteiger partial charge in [-0.25, -0.2) is 13.9 Å². The van der Waals surface area contributed by atoms with E-state index in [1.54, 1.807) is 35.0 Å². The lowest BCUT2D eigenvalue weighted by atomic mass is 9.92. The molecule has 2 heterocycles. The molecular formula is C31H35FN6O5. The van der Waals surface area contributed by atoms with Gasteiger partial charge >= 0.3 is 6.03 Å². The van der Waals surface area contributed by atoms with E-state index in [9.17, 15) is 18.8 Å². The maximum absolute atomic E-state index is 14.9. The molecule has 0 saturated carbocycles. The fourth-order valence-electron chi connectivity index (χ4n) is 3.74. The second-order valence-electron chi connectivity index (χ2n) is 9.93. The lowest BCUT2D eigenvalue weighted by molar-refractivity contribution is -0.129. The van der Waals surface area contributed by atoms with Gasteiger partial charge in [0.1, 0.15) is 35.4 Å². The highest BCUT2D eigenvalue weighted by Gasteiger charge is 2.22. The first-order chi connectivity index (χ1) is 20.6. The Hall–Kier alpha value is -5.26. The summed E-state index contributed by atoms with van der Waals surface area (Å²) in [5.41, 5.74) is 1.82. The van der Waals surface area contributed by atoms with Crippen molar-refractivity contribution in [2.45, 2.75) is 46.6 Å². The number of amides is 3. The number of pyridine rings is 1. The lowest BCUT2D eigenvalue weighted by Gasteiger charge is -2.14. The summed E-state index contributed by atoms with van der Waals surface area (Å²) < 4.78 is 27.0. The Labute approximate surface area is 249 Å². The van der Waals surface area contributed by atoms with Crippen molar-refractivity contribution in [1.29, 1.82) is 0 Å². The number of anilines is 2. The molecule has 3 amide bonds. The SMILES string of the molecule is CC.CNC(=O)c1cc(Oc2ccc(NC(=O)Nc3cc(C(C)(C)C)nn3-c3cccc(COC=O)c3)c(F)c2)ccn1. The molecule has 0 atom stereocenters. The third-order valence-electron chi connectivity index (χ3n) is 5.81. The molecule has 2 aromatic heterocycles. The van der Waals surface area contributed by atoms with E-state index in [0.29, 0.717) is 29.4 Å². The van der Waals surface area contributed by atoms with Crippen molar-refractivity contribution in [2.75, 3.05) is 17.7 Å². The number of nitrogens with zero attached hydrogens (tertiary/aromatic N) is 3. The zero-order valence-electron chi connectivity index (χ0n) is 24.9. The van der Waals surface area contributed by atoms with E-state index in [4.69, 9.17) is 9.47 Å². The van der Waals surface area contributed by atoms with Crippen molar-refractivity contribution in [2.24, 2.45) is 0 Å². The highest BCUT2D eigenvalue weighted by atomic mass is 19.1. The van der Waals surface area contributed by atoms with Gasteiger partial charge in [0.15, 0.2) is 0 Å². The van der Waals surface area contributed by atoms with Crippen LogP contribution in [0.15, 0.2) is 66.9 Å². The monoisotopic (exact) mass is 590 g/mol. The number of benzene rings is 2. The molecule has 0 aliphatic heterocycles.